The van der Waals surface area contributed by atoms with E-state index in [1.807, 2.05) is 0 Å². The Morgan fingerprint density at radius 1 is 1.03 bits per heavy atom. The topological polar surface area (TPSA) is 101 Å². The van der Waals surface area contributed by atoms with Gasteiger partial charge in [-0.3, -0.25) is 19.7 Å². The van der Waals surface area contributed by atoms with Gasteiger partial charge in [-0.05, 0) is 55.5 Å². The number of thioether (sulfide) groups is 1. The summed E-state index contributed by atoms with van der Waals surface area (Å²) in [5, 5.41) is 14.8. The molecule has 0 aromatic heterocycles. The molecule has 0 saturated carbocycles. The normalized spacial score (nSPS) is 12.0. The van der Waals surface area contributed by atoms with E-state index in [1.165, 1.54) is 37.3 Å². The highest BCUT2D eigenvalue weighted by Crippen LogP contribution is 2.37. The molecule has 7 nitrogen and oxygen atoms in total. The van der Waals surface area contributed by atoms with Crippen molar-refractivity contribution in [1.29, 1.82) is 0 Å². The molecule has 0 bridgehead atoms. The Morgan fingerprint density at radius 3 is 2.34 bits per heavy atom. The van der Waals surface area contributed by atoms with Crippen LogP contribution in [0.2, 0.25) is 5.02 Å². The van der Waals surface area contributed by atoms with E-state index in [9.17, 15) is 32.9 Å². The number of non-ortho nitro benzene ring substituents is 1. The number of hydrogen-bond donors (Lipinski definition) is 2. The maximum Gasteiger partial charge on any atom is 0.418 e. The smallest absolute Gasteiger partial charge is 0.325 e. The zero-order chi connectivity index (χ0) is 25.8. The number of rotatable bonds is 7. The van der Waals surface area contributed by atoms with Crippen molar-refractivity contribution in [2.24, 2.45) is 0 Å². The molecule has 0 fully saturated rings. The van der Waals surface area contributed by atoms with Gasteiger partial charge in [0.1, 0.15) is 0 Å². The molecule has 2 amide bonds. The zero-order valence-corrected chi connectivity index (χ0v) is 19.5. The lowest BCUT2D eigenvalue weighted by Crippen LogP contribution is -2.24. The van der Waals surface area contributed by atoms with Crippen molar-refractivity contribution in [3.05, 3.63) is 93.0 Å². The lowest BCUT2D eigenvalue weighted by molar-refractivity contribution is -0.384. The highest BCUT2D eigenvalue weighted by molar-refractivity contribution is 8.00. The minimum absolute atomic E-state index is 0.106. The zero-order valence-electron chi connectivity index (χ0n) is 17.9. The van der Waals surface area contributed by atoms with Gasteiger partial charge < -0.3 is 10.6 Å². The first-order chi connectivity index (χ1) is 16.4. The summed E-state index contributed by atoms with van der Waals surface area (Å²) in [6.07, 6.45) is -4.69. The summed E-state index contributed by atoms with van der Waals surface area (Å²) in [7, 11) is 0. The summed E-state index contributed by atoms with van der Waals surface area (Å²) in [5.41, 5.74) is -0.976. The molecule has 1 atom stereocenters. The number of carbonyl (C=O) groups excluding carboxylic acids is 2. The van der Waals surface area contributed by atoms with Gasteiger partial charge >= 0.3 is 6.18 Å². The molecule has 3 aromatic rings. The highest BCUT2D eigenvalue weighted by atomic mass is 35.5. The first-order valence-electron chi connectivity index (χ1n) is 9.94. The number of hydrogen-bond acceptors (Lipinski definition) is 5. The molecule has 0 aliphatic carbocycles. The predicted molar refractivity (Wildman–Crippen MR) is 128 cm³/mol. The number of nitrogens with one attached hydrogen (secondary N) is 2. The number of halogens is 4. The molecule has 3 aromatic carbocycles. The average Bonchev–Trinajstić information content (AvgIpc) is 2.79. The van der Waals surface area contributed by atoms with Crippen LogP contribution in [-0.4, -0.2) is 22.0 Å². The van der Waals surface area contributed by atoms with Gasteiger partial charge in [0.15, 0.2) is 0 Å². The minimum atomic E-state index is -4.69. The third-order valence-corrected chi connectivity index (χ3v) is 5.99. The second kappa shape index (κ2) is 10.8. The molecule has 182 valence electrons. The van der Waals surface area contributed by atoms with Gasteiger partial charge in [-0.15, -0.1) is 11.8 Å². The number of anilines is 2. The molecular weight excluding hydrogens is 507 g/mol. The Morgan fingerprint density at radius 2 is 1.71 bits per heavy atom. The predicted octanol–water partition coefficient (Wildman–Crippen LogP) is 6.64. The molecule has 0 radical (unpaired) electrons. The van der Waals surface area contributed by atoms with Crippen LogP contribution >= 0.6 is 23.4 Å². The number of benzene rings is 3. The van der Waals surface area contributed by atoms with Crippen molar-refractivity contribution in [2.45, 2.75) is 23.2 Å². The maximum atomic E-state index is 13.3. The van der Waals surface area contributed by atoms with Crippen LogP contribution in [0.1, 0.15) is 22.8 Å². The molecule has 35 heavy (non-hydrogen) atoms. The first kappa shape index (κ1) is 26.0. The summed E-state index contributed by atoms with van der Waals surface area (Å²) < 4.78 is 39.8. The fraction of sp³-hybridized carbons (Fsp3) is 0.130. The van der Waals surface area contributed by atoms with E-state index >= 15 is 0 Å². The molecule has 2 N–H and O–H groups in total. The monoisotopic (exact) mass is 523 g/mol. The molecule has 3 rings (SSSR count). The maximum absolute atomic E-state index is 13.3. The van der Waals surface area contributed by atoms with Gasteiger partial charge in [-0.1, -0.05) is 17.7 Å². The second-order valence-corrected chi connectivity index (χ2v) is 9.07. The quantitative estimate of drug-likeness (QED) is 0.205. The van der Waals surface area contributed by atoms with Gasteiger partial charge in [-0.25, -0.2) is 0 Å². The molecule has 0 spiro atoms. The Balaban J connectivity index is 1.66. The van der Waals surface area contributed by atoms with Crippen LogP contribution in [0.4, 0.5) is 30.2 Å². The van der Waals surface area contributed by atoms with Gasteiger partial charge in [0.25, 0.3) is 11.6 Å². The third-order valence-electron chi connectivity index (χ3n) is 4.66. The van der Waals surface area contributed by atoms with Crippen molar-refractivity contribution in [3.63, 3.8) is 0 Å². The number of alkyl halides is 3. The van der Waals surface area contributed by atoms with E-state index in [0.717, 1.165) is 23.9 Å². The van der Waals surface area contributed by atoms with Crippen LogP contribution in [0.15, 0.2) is 71.6 Å². The lowest BCUT2D eigenvalue weighted by atomic mass is 10.1. The number of nitro groups is 1. The highest BCUT2D eigenvalue weighted by Gasteiger charge is 2.34. The lowest BCUT2D eigenvalue weighted by Gasteiger charge is -2.17. The van der Waals surface area contributed by atoms with E-state index in [2.05, 4.69) is 10.6 Å². The van der Waals surface area contributed by atoms with Crippen molar-refractivity contribution in [1.82, 2.24) is 0 Å². The van der Waals surface area contributed by atoms with Gasteiger partial charge in [-0.2, -0.15) is 13.2 Å². The van der Waals surface area contributed by atoms with Crippen LogP contribution in [0.3, 0.4) is 0 Å². The van der Waals surface area contributed by atoms with Crippen molar-refractivity contribution < 1.29 is 27.7 Å². The minimum Gasteiger partial charge on any atom is -0.325 e. The van der Waals surface area contributed by atoms with Gasteiger partial charge in [0, 0.05) is 33.3 Å². The molecule has 0 saturated heterocycles. The fourth-order valence-electron chi connectivity index (χ4n) is 2.94. The fourth-order valence-corrected chi connectivity index (χ4v) is 4.04. The van der Waals surface area contributed by atoms with E-state index in [4.69, 9.17) is 11.6 Å². The van der Waals surface area contributed by atoms with Crippen molar-refractivity contribution in [3.8, 4) is 0 Å². The van der Waals surface area contributed by atoms with E-state index in [0.29, 0.717) is 10.6 Å². The Bertz CT molecular complexity index is 1270. The van der Waals surface area contributed by atoms with Crippen LogP contribution in [-0.2, 0) is 11.0 Å². The molecule has 0 heterocycles. The molecule has 12 heteroatoms. The van der Waals surface area contributed by atoms with E-state index in [1.54, 1.807) is 24.3 Å². The van der Waals surface area contributed by atoms with Gasteiger partial charge in [0.05, 0.1) is 21.4 Å². The first-order valence-corrected chi connectivity index (χ1v) is 11.2. The Kier molecular flexibility index (Phi) is 8.03. The van der Waals surface area contributed by atoms with Crippen molar-refractivity contribution >= 4 is 52.2 Å². The van der Waals surface area contributed by atoms with Crippen LogP contribution in [0, 0.1) is 10.1 Å². The standard InChI is InChI=1S/C23H17ClF3N3O4S/c1-13(21(31)29-20-10-7-15(24)11-19(20)23(25,26)27)35-18-4-2-3-16(12-18)28-22(32)14-5-8-17(9-6-14)30(33)34/h2-13H,1H3,(H,28,32)(H,29,31). The number of carbonyl (C=O) groups is 2. The molecule has 0 aliphatic heterocycles. The summed E-state index contributed by atoms with van der Waals surface area (Å²) in [4.78, 5) is 35.7. The van der Waals surface area contributed by atoms with Crippen molar-refractivity contribution in [2.75, 3.05) is 10.6 Å². The molecule has 0 aliphatic rings. The molecule has 1 unspecified atom stereocenters. The summed E-state index contributed by atoms with van der Waals surface area (Å²) >= 11 is 6.75. The summed E-state index contributed by atoms with van der Waals surface area (Å²) in [5.74, 6) is -1.14. The van der Waals surface area contributed by atoms with Crippen LogP contribution in [0.5, 0.6) is 0 Å². The Hall–Kier alpha value is -3.57. The van der Waals surface area contributed by atoms with Gasteiger partial charge in [0.2, 0.25) is 5.91 Å². The third kappa shape index (κ3) is 6.96. The number of nitro benzene ring substituents is 1. The Labute approximate surface area is 206 Å². The second-order valence-electron chi connectivity index (χ2n) is 7.22. The largest absolute Gasteiger partial charge is 0.418 e. The van der Waals surface area contributed by atoms with Crippen LogP contribution in [0.25, 0.3) is 0 Å². The number of amides is 2. The SMILES string of the molecule is CC(Sc1cccc(NC(=O)c2ccc([N+](=O)[O-])cc2)c1)C(=O)Nc1ccc(Cl)cc1C(F)(F)F. The summed E-state index contributed by atoms with van der Waals surface area (Å²) in [6.45, 7) is 1.53. The van der Waals surface area contributed by atoms with E-state index < -0.39 is 39.4 Å². The van der Waals surface area contributed by atoms with Crippen LogP contribution < -0.4 is 10.6 Å². The number of nitrogens with zero attached hydrogens (tertiary/aromatic N) is 1. The average molecular weight is 524 g/mol. The summed E-state index contributed by atoms with van der Waals surface area (Å²) in [6, 6.07) is 14.7. The molecular formula is C23H17ClF3N3O4S. The van der Waals surface area contributed by atoms with E-state index in [-0.39, 0.29) is 16.3 Å².